The summed E-state index contributed by atoms with van der Waals surface area (Å²) in [7, 11) is 1.92. The maximum atomic E-state index is 11.9. The van der Waals surface area contributed by atoms with Gasteiger partial charge in [0.25, 0.3) is 0 Å². The van der Waals surface area contributed by atoms with Gasteiger partial charge >= 0.3 is 6.03 Å². The molecule has 0 saturated heterocycles. The number of aliphatic hydroxyl groups is 1. The van der Waals surface area contributed by atoms with Crippen LogP contribution in [0.5, 0.6) is 0 Å². The SMILES string of the molecule is Cc1nn(C)c(C)c1CC(C)NC(=O)NCC(O)C(C)(C)C. The molecule has 0 radical (unpaired) electrons. The molecule has 22 heavy (non-hydrogen) atoms. The van der Waals surface area contributed by atoms with Gasteiger partial charge in [-0.15, -0.1) is 0 Å². The fourth-order valence-corrected chi connectivity index (χ4v) is 2.24. The lowest BCUT2D eigenvalue weighted by Crippen LogP contribution is -2.46. The van der Waals surface area contributed by atoms with Gasteiger partial charge < -0.3 is 15.7 Å². The largest absolute Gasteiger partial charge is 0.391 e. The minimum atomic E-state index is -0.573. The van der Waals surface area contributed by atoms with E-state index < -0.39 is 6.10 Å². The van der Waals surface area contributed by atoms with Gasteiger partial charge in [-0.2, -0.15) is 5.10 Å². The molecular weight excluding hydrogens is 280 g/mol. The van der Waals surface area contributed by atoms with E-state index in [2.05, 4.69) is 15.7 Å². The summed E-state index contributed by atoms with van der Waals surface area (Å²) in [6.07, 6.45) is 0.164. The van der Waals surface area contributed by atoms with Crippen LogP contribution in [0.25, 0.3) is 0 Å². The molecular formula is C16H30N4O2. The van der Waals surface area contributed by atoms with Crippen molar-refractivity contribution >= 4 is 6.03 Å². The van der Waals surface area contributed by atoms with Crippen molar-refractivity contribution in [2.24, 2.45) is 12.5 Å². The van der Waals surface area contributed by atoms with Crippen LogP contribution < -0.4 is 10.6 Å². The maximum Gasteiger partial charge on any atom is 0.315 e. The van der Waals surface area contributed by atoms with E-state index in [0.717, 1.165) is 17.8 Å². The van der Waals surface area contributed by atoms with Crippen LogP contribution in [0.4, 0.5) is 4.79 Å². The van der Waals surface area contributed by atoms with Gasteiger partial charge in [0.2, 0.25) is 0 Å². The first-order chi connectivity index (χ1) is 10.0. The molecule has 1 rings (SSSR count). The Labute approximate surface area is 133 Å². The predicted molar refractivity (Wildman–Crippen MR) is 87.8 cm³/mol. The molecule has 126 valence electrons. The number of carbonyl (C=O) groups is 1. The van der Waals surface area contributed by atoms with Crippen LogP contribution in [-0.4, -0.2) is 39.6 Å². The van der Waals surface area contributed by atoms with Crippen LogP contribution in [0, 0.1) is 19.3 Å². The van der Waals surface area contributed by atoms with Crippen molar-refractivity contribution in [3.63, 3.8) is 0 Å². The Hall–Kier alpha value is -1.56. The van der Waals surface area contributed by atoms with Crippen LogP contribution in [0.2, 0.25) is 0 Å². The first-order valence-electron chi connectivity index (χ1n) is 7.74. The number of amides is 2. The second-order valence-corrected chi connectivity index (χ2v) is 7.11. The predicted octanol–water partition coefficient (Wildman–Crippen LogP) is 1.67. The molecule has 2 amide bonds. The zero-order valence-corrected chi connectivity index (χ0v) is 14.8. The Kier molecular flexibility index (Phi) is 6.00. The molecule has 0 spiro atoms. The second kappa shape index (κ2) is 7.13. The lowest BCUT2D eigenvalue weighted by atomic mass is 9.89. The monoisotopic (exact) mass is 310 g/mol. The molecule has 6 nitrogen and oxygen atoms in total. The van der Waals surface area contributed by atoms with Gasteiger partial charge in [0, 0.05) is 25.3 Å². The van der Waals surface area contributed by atoms with Crippen LogP contribution in [-0.2, 0) is 13.5 Å². The second-order valence-electron chi connectivity index (χ2n) is 7.11. The molecule has 2 atom stereocenters. The van der Waals surface area contributed by atoms with E-state index >= 15 is 0 Å². The highest BCUT2D eigenvalue weighted by atomic mass is 16.3. The van der Waals surface area contributed by atoms with Crippen molar-refractivity contribution < 1.29 is 9.90 Å². The Balaban J connectivity index is 2.48. The highest BCUT2D eigenvalue weighted by Gasteiger charge is 2.22. The number of aliphatic hydroxyl groups excluding tert-OH is 1. The summed E-state index contributed by atoms with van der Waals surface area (Å²) in [5.41, 5.74) is 3.04. The molecule has 0 aliphatic rings. The average Bonchev–Trinajstić information content (AvgIpc) is 2.61. The van der Waals surface area contributed by atoms with Crippen LogP contribution in [0.15, 0.2) is 0 Å². The molecule has 6 heteroatoms. The van der Waals surface area contributed by atoms with Crippen molar-refractivity contribution in [2.75, 3.05) is 6.54 Å². The molecule has 0 aliphatic carbocycles. The summed E-state index contributed by atoms with van der Waals surface area (Å²) >= 11 is 0. The third-order valence-electron chi connectivity index (χ3n) is 4.00. The third-order valence-corrected chi connectivity index (χ3v) is 4.00. The van der Waals surface area contributed by atoms with Gasteiger partial charge in [0.15, 0.2) is 0 Å². The standard InChI is InChI=1S/C16H30N4O2/c1-10(8-13-11(2)19-20(7)12(13)3)18-15(22)17-9-14(21)16(4,5)6/h10,14,21H,8-9H2,1-7H3,(H2,17,18,22). The Morgan fingerprint density at radius 2 is 1.95 bits per heavy atom. The lowest BCUT2D eigenvalue weighted by Gasteiger charge is -2.26. The van der Waals surface area contributed by atoms with E-state index in [1.807, 2.05) is 53.3 Å². The summed E-state index contributed by atoms with van der Waals surface area (Å²) in [5.74, 6) is 0. The van der Waals surface area contributed by atoms with Gasteiger partial charge in [-0.3, -0.25) is 4.68 Å². The summed E-state index contributed by atoms with van der Waals surface area (Å²) in [6, 6.07) is -0.261. The highest BCUT2D eigenvalue weighted by molar-refractivity contribution is 5.74. The van der Waals surface area contributed by atoms with E-state index in [4.69, 9.17) is 0 Å². The van der Waals surface area contributed by atoms with Gasteiger partial charge in [0.1, 0.15) is 0 Å². The van der Waals surface area contributed by atoms with Crippen molar-refractivity contribution in [1.29, 1.82) is 0 Å². The first-order valence-corrected chi connectivity index (χ1v) is 7.74. The van der Waals surface area contributed by atoms with Crippen LogP contribution >= 0.6 is 0 Å². The third kappa shape index (κ3) is 5.02. The van der Waals surface area contributed by atoms with E-state index in [0.29, 0.717) is 0 Å². The fraction of sp³-hybridized carbons (Fsp3) is 0.750. The first kappa shape index (κ1) is 18.5. The van der Waals surface area contributed by atoms with Crippen molar-refractivity contribution in [3.8, 4) is 0 Å². The van der Waals surface area contributed by atoms with Crippen molar-refractivity contribution in [2.45, 2.75) is 60.1 Å². The minimum absolute atomic E-state index is 0.00613. The molecule has 1 aromatic rings. The molecule has 2 unspecified atom stereocenters. The molecule has 0 bridgehead atoms. The normalized spacial score (nSPS) is 14.5. The van der Waals surface area contributed by atoms with Crippen LogP contribution in [0.1, 0.15) is 44.6 Å². The van der Waals surface area contributed by atoms with Gasteiger partial charge in [0.05, 0.1) is 11.8 Å². The van der Waals surface area contributed by atoms with E-state index in [9.17, 15) is 9.90 Å². The molecule has 1 heterocycles. The summed E-state index contributed by atoms with van der Waals surface area (Å²) in [6.45, 7) is 12.0. The number of aryl methyl sites for hydroxylation is 2. The maximum absolute atomic E-state index is 11.9. The Bertz CT molecular complexity index is 517. The van der Waals surface area contributed by atoms with Gasteiger partial charge in [-0.1, -0.05) is 20.8 Å². The number of urea groups is 1. The van der Waals surface area contributed by atoms with Crippen molar-refractivity contribution in [1.82, 2.24) is 20.4 Å². The fourth-order valence-electron chi connectivity index (χ4n) is 2.24. The highest BCUT2D eigenvalue weighted by Crippen LogP contribution is 2.18. The molecule has 0 fully saturated rings. The summed E-state index contributed by atoms with van der Waals surface area (Å²) in [5, 5.41) is 19.9. The van der Waals surface area contributed by atoms with Crippen LogP contribution in [0.3, 0.4) is 0 Å². The zero-order chi connectivity index (χ0) is 17.1. The van der Waals surface area contributed by atoms with E-state index in [-0.39, 0.29) is 24.0 Å². The van der Waals surface area contributed by atoms with E-state index in [1.54, 1.807) is 0 Å². The van der Waals surface area contributed by atoms with Gasteiger partial charge in [-0.05, 0) is 38.2 Å². The summed E-state index contributed by atoms with van der Waals surface area (Å²) < 4.78 is 1.86. The van der Waals surface area contributed by atoms with Crippen molar-refractivity contribution in [3.05, 3.63) is 17.0 Å². The molecule has 0 saturated carbocycles. The number of hydrogen-bond donors (Lipinski definition) is 3. The smallest absolute Gasteiger partial charge is 0.315 e. The quantitative estimate of drug-likeness (QED) is 0.774. The Morgan fingerprint density at radius 3 is 2.41 bits per heavy atom. The molecule has 0 aliphatic heterocycles. The molecule has 3 N–H and O–H groups in total. The average molecular weight is 310 g/mol. The topological polar surface area (TPSA) is 79.2 Å². The minimum Gasteiger partial charge on any atom is -0.391 e. The molecule has 1 aromatic heterocycles. The number of aromatic nitrogens is 2. The number of nitrogens with zero attached hydrogens (tertiary/aromatic N) is 2. The lowest BCUT2D eigenvalue weighted by molar-refractivity contribution is 0.0649. The number of hydrogen-bond acceptors (Lipinski definition) is 3. The number of carbonyl (C=O) groups excluding carboxylic acids is 1. The van der Waals surface area contributed by atoms with E-state index in [1.165, 1.54) is 5.56 Å². The molecule has 0 aromatic carbocycles. The summed E-state index contributed by atoms with van der Waals surface area (Å²) in [4.78, 5) is 11.9. The van der Waals surface area contributed by atoms with Gasteiger partial charge in [-0.25, -0.2) is 4.79 Å². The number of rotatable bonds is 5. The Morgan fingerprint density at radius 1 is 1.36 bits per heavy atom. The number of nitrogens with one attached hydrogen (secondary N) is 2. The zero-order valence-electron chi connectivity index (χ0n) is 14.8.